The molecule has 5 nitrogen and oxygen atoms in total. The summed E-state index contributed by atoms with van der Waals surface area (Å²) >= 11 is 0. The van der Waals surface area contributed by atoms with E-state index in [1.807, 2.05) is 25.2 Å². The van der Waals surface area contributed by atoms with Crippen molar-refractivity contribution < 1.29 is 22.6 Å². The average molecular weight is 435 g/mol. The summed E-state index contributed by atoms with van der Waals surface area (Å²) in [6.07, 6.45) is -2.84. The zero-order valence-corrected chi connectivity index (χ0v) is 18.1. The van der Waals surface area contributed by atoms with Crippen molar-refractivity contribution in [3.63, 3.8) is 0 Å². The fourth-order valence-electron chi connectivity index (χ4n) is 4.92. The second-order valence-corrected chi connectivity index (χ2v) is 8.33. The molecular weight excluding hydrogens is 407 g/mol. The minimum Gasteiger partial charge on any atom is -0.493 e. The van der Waals surface area contributed by atoms with Crippen LogP contribution in [0.4, 0.5) is 18.9 Å². The predicted octanol–water partition coefficient (Wildman–Crippen LogP) is 4.87. The Hall–Kier alpha value is -2.61. The van der Waals surface area contributed by atoms with E-state index in [1.165, 1.54) is 10.6 Å². The van der Waals surface area contributed by atoms with Crippen molar-refractivity contribution in [1.82, 2.24) is 9.47 Å². The standard InChI is InChI=1S/C23H28F3N3O2/c1-16(2)31-18-6-5-17(15-19(18)30-4)28-11-9-22(10-12-28)20-7-8-21(23(24,25)26)29(20)14-13-27(22)3/h5-8,15H,1,9-14H2,2-4H3. The highest BCUT2D eigenvalue weighted by molar-refractivity contribution is 5.57. The van der Waals surface area contributed by atoms with E-state index in [4.69, 9.17) is 9.47 Å². The van der Waals surface area contributed by atoms with Gasteiger partial charge in [-0.3, -0.25) is 4.90 Å². The Labute approximate surface area is 180 Å². The number of ether oxygens (including phenoxy) is 2. The maximum absolute atomic E-state index is 13.5. The molecule has 2 aliphatic rings. The van der Waals surface area contributed by atoms with Crippen LogP contribution in [0.15, 0.2) is 42.7 Å². The van der Waals surface area contributed by atoms with Gasteiger partial charge in [-0.2, -0.15) is 13.2 Å². The van der Waals surface area contributed by atoms with Crippen LogP contribution < -0.4 is 14.4 Å². The van der Waals surface area contributed by atoms with Gasteiger partial charge in [-0.25, -0.2) is 0 Å². The molecule has 8 heteroatoms. The van der Waals surface area contributed by atoms with Crippen LogP contribution in [0.5, 0.6) is 11.5 Å². The maximum Gasteiger partial charge on any atom is 0.431 e. The van der Waals surface area contributed by atoms with Gasteiger partial charge in [-0.1, -0.05) is 6.58 Å². The quantitative estimate of drug-likeness (QED) is 0.641. The van der Waals surface area contributed by atoms with Gasteiger partial charge in [0.05, 0.1) is 18.4 Å². The number of anilines is 1. The molecule has 2 aliphatic heterocycles. The monoisotopic (exact) mass is 435 g/mol. The number of fused-ring (bicyclic) bond motifs is 2. The molecular formula is C23H28F3N3O2. The molecule has 0 bridgehead atoms. The van der Waals surface area contributed by atoms with Gasteiger partial charge >= 0.3 is 6.18 Å². The van der Waals surface area contributed by atoms with E-state index in [0.29, 0.717) is 30.3 Å². The van der Waals surface area contributed by atoms with Gasteiger partial charge in [0.2, 0.25) is 0 Å². The summed E-state index contributed by atoms with van der Waals surface area (Å²) in [7, 11) is 3.62. The molecule has 1 aromatic heterocycles. The fourth-order valence-corrected chi connectivity index (χ4v) is 4.92. The SMILES string of the molecule is C=C(C)Oc1ccc(N2CCC3(CC2)c2ccc(C(F)(F)F)n2CCN3C)cc1OC. The highest BCUT2D eigenvalue weighted by Crippen LogP contribution is 2.45. The molecule has 2 aromatic rings. The van der Waals surface area contributed by atoms with Gasteiger partial charge < -0.3 is 18.9 Å². The van der Waals surface area contributed by atoms with Crippen LogP contribution in [0.2, 0.25) is 0 Å². The summed E-state index contributed by atoms with van der Waals surface area (Å²) in [5.41, 5.74) is 0.850. The first-order valence-corrected chi connectivity index (χ1v) is 10.4. The summed E-state index contributed by atoms with van der Waals surface area (Å²) in [6.45, 7) is 7.98. The predicted molar refractivity (Wildman–Crippen MR) is 114 cm³/mol. The number of nitrogens with zero attached hydrogens (tertiary/aromatic N) is 3. The van der Waals surface area contributed by atoms with Crippen molar-refractivity contribution in [2.45, 2.75) is 38.0 Å². The van der Waals surface area contributed by atoms with E-state index in [2.05, 4.69) is 16.4 Å². The third-order valence-corrected chi connectivity index (χ3v) is 6.52. The van der Waals surface area contributed by atoms with Gasteiger partial charge in [0.15, 0.2) is 11.5 Å². The first-order chi connectivity index (χ1) is 14.7. The molecule has 3 heterocycles. The van der Waals surface area contributed by atoms with E-state index in [0.717, 1.165) is 37.3 Å². The van der Waals surface area contributed by atoms with Crippen molar-refractivity contribution in [2.24, 2.45) is 0 Å². The number of methoxy groups -OCH3 is 1. The Morgan fingerprint density at radius 3 is 2.35 bits per heavy atom. The van der Waals surface area contributed by atoms with Crippen molar-refractivity contribution in [2.75, 3.05) is 38.7 Å². The van der Waals surface area contributed by atoms with E-state index < -0.39 is 11.9 Å². The first kappa shape index (κ1) is 21.6. The molecule has 0 amide bonds. The van der Waals surface area contributed by atoms with E-state index in [9.17, 15) is 13.2 Å². The lowest BCUT2D eigenvalue weighted by atomic mass is 9.81. The molecule has 0 radical (unpaired) electrons. The van der Waals surface area contributed by atoms with Gasteiger partial charge in [-0.15, -0.1) is 0 Å². The van der Waals surface area contributed by atoms with E-state index >= 15 is 0 Å². The summed E-state index contributed by atoms with van der Waals surface area (Å²) < 4.78 is 52.9. The largest absolute Gasteiger partial charge is 0.493 e. The van der Waals surface area contributed by atoms with E-state index in [1.54, 1.807) is 20.1 Å². The number of benzene rings is 1. The zero-order chi connectivity index (χ0) is 22.4. The summed E-state index contributed by atoms with van der Waals surface area (Å²) in [5, 5.41) is 0. The molecule has 168 valence electrons. The number of aromatic nitrogens is 1. The first-order valence-electron chi connectivity index (χ1n) is 10.4. The molecule has 0 aliphatic carbocycles. The molecule has 31 heavy (non-hydrogen) atoms. The van der Waals surface area contributed by atoms with Gasteiger partial charge in [0.25, 0.3) is 0 Å². The van der Waals surface area contributed by atoms with Crippen LogP contribution in [0.3, 0.4) is 0 Å². The highest BCUT2D eigenvalue weighted by atomic mass is 19.4. The number of halogens is 3. The summed E-state index contributed by atoms with van der Waals surface area (Å²) in [4.78, 5) is 4.48. The van der Waals surface area contributed by atoms with Crippen molar-refractivity contribution in [1.29, 1.82) is 0 Å². The molecule has 1 aromatic carbocycles. The maximum atomic E-state index is 13.5. The Morgan fingerprint density at radius 2 is 1.74 bits per heavy atom. The summed E-state index contributed by atoms with van der Waals surface area (Å²) in [5.74, 6) is 1.81. The topological polar surface area (TPSA) is 29.9 Å². The number of piperidine rings is 1. The zero-order valence-electron chi connectivity index (χ0n) is 18.1. The number of hydrogen-bond donors (Lipinski definition) is 0. The number of alkyl halides is 3. The molecule has 4 rings (SSSR count). The Balaban J connectivity index is 1.58. The lowest BCUT2D eigenvalue weighted by molar-refractivity contribution is -0.144. The molecule has 1 saturated heterocycles. The van der Waals surface area contributed by atoms with Gasteiger partial charge in [0, 0.05) is 43.6 Å². The smallest absolute Gasteiger partial charge is 0.431 e. The Kier molecular flexibility index (Phi) is 5.45. The third kappa shape index (κ3) is 3.78. The lowest BCUT2D eigenvalue weighted by Crippen LogP contribution is -2.56. The average Bonchev–Trinajstić information content (AvgIpc) is 3.17. The van der Waals surface area contributed by atoms with Gasteiger partial charge in [-0.05, 0) is 51.1 Å². The van der Waals surface area contributed by atoms with Crippen LogP contribution >= 0.6 is 0 Å². The third-order valence-electron chi connectivity index (χ3n) is 6.52. The van der Waals surface area contributed by atoms with Crippen LogP contribution in [-0.4, -0.2) is 43.3 Å². The molecule has 0 atom stereocenters. The normalized spacial score (nSPS) is 18.7. The summed E-state index contributed by atoms with van der Waals surface area (Å²) in [6, 6.07) is 8.68. The Morgan fingerprint density at radius 1 is 1.03 bits per heavy atom. The second kappa shape index (κ2) is 7.82. The fraction of sp³-hybridized carbons (Fsp3) is 0.478. The molecule has 0 N–H and O–H groups in total. The highest BCUT2D eigenvalue weighted by Gasteiger charge is 2.47. The molecule has 0 saturated carbocycles. The second-order valence-electron chi connectivity index (χ2n) is 8.33. The van der Waals surface area contributed by atoms with Gasteiger partial charge in [0.1, 0.15) is 5.69 Å². The number of allylic oxidation sites excluding steroid dienone is 1. The van der Waals surface area contributed by atoms with Crippen molar-refractivity contribution in [3.8, 4) is 11.5 Å². The van der Waals surface area contributed by atoms with Crippen molar-refractivity contribution >= 4 is 5.69 Å². The number of hydrogen-bond acceptors (Lipinski definition) is 4. The minimum absolute atomic E-state index is 0.362. The molecule has 0 unspecified atom stereocenters. The van der Waals surface area contributed by atoms with E-state index in [-0.39, 0.29) is 5.54 Å². The Bertz CT molecular complexity index is 975. The lowest BCUT2D eigenvalue weighted by Gasteiger charge is -2.51. The van der Waals surface area contributed by atoms with Crippen LogP contribution in [0.1, 0.15) is 31.2 Å². The van der Waals surface area contributed by atoms with Crippen LogP contribution in [-0.2, 0) is 18.3 Å². The molecule has 1 fully saturated rings. The van der Waals surface area contributed by atoms with Crippen molar-refractivity contribution in [3.05, 3.63) is 54.1 Å². The number of likely N-dealkylation sites (N-methyl/N-ethyl adjacent to an activating group) is 1. The minimum atomic E-state index is -4.33. The van der Waals surface area contributed by atoms with Crippen LogP contribution in [0.25, 0.3) is 0 Å². The number of rotatable bonds is 4. The molecule has 1 spiro atoms. The van der Waals surface area contributed by atoms with Crippen LogP contribution in [0, 0.1) is 0 Å².